The zero-order valence-corrected chi connectivity index (χ0v) is 26.8. The van der Waals surface area contributed by atoms with Gasteiger partial charge in [0.1, 0.15) is 17.9 Å². The summed E-state index contributed by atoms with van der Waals surface area (Å²) < 4.78 is 5.25. The van der Waals surface area contributed by atoms with Crippen LogP contribution in [0.5, 0.6) is 0 Å². The van der Waals surface area contributed by atoms with Gasteiger partial charge in [0.15, 0.2) is 5.96 Å². The number of hydrogen-bond donors (Lipinski definition) is 6. The van der Waals surface area contributed by atoms with Gasteiger partial charge in [0.2, 0.25) is 11.8 Å². The second-order valence-electron chi connectivity index (χ2n) is 12.0. The zero-order chi connectivity index (χ0) is 31.2. The molecule has 0 aromatic heterocycles. The molecule has 0 aliphatic heterocycles. The summed E-state index contributed by atoms with van der Waals surface area (Å²) in [5, 5.41) is 13.8. The summed E-state index contributed by atoms with van der Waals surface area (Å²) in [5.74, 6) is -1.08. The average Bonchev–Trinajstić information content (AvgIpc) is 3.01. The highest BCUT2D eigenvalue weighted by Crippen LogP contribution is 2.33. The van der Waals surface area contributed by atoms with Crippen LogP contribution >= 0.6 is 12.4 Å². The van der Waals surface area contributed by atoms with E-state index < -0.39 is 18.1 Å². The lowest BCUT2D eigenvalue weighted by atomic mass is 9.76. The van der Waals surface area contributed by atoms with Crippen molar-refractivity contribution in [3.8, 4) is 0 Å². The van der Waals surface area contributed by atoms with Gasteiger partial charge >= 0.3 is 5.97 Å². The lowest BCUT2D eigenvalue weighted by Crippen LogP contribution is -2.56. The first kappa shape index (κ1) is 36.8. The summed E-state index contributed by atoms with van der Waals surface area (Å²) in [4.78, 5) is 44.7. The van der Waals surface area contributed by atoms with Crippen molar-refractivity contribution in [3.05, 3.63) is 35.4 Å². The molecule has 3 atom stereocenters. The fourth-order valence-corrected chi connectivity index (χ4v) is 6.47. The summed E-state index contributed by atoms with van der Waals surface area (Å²) in [6.45, 7) is 2.24. The van der Waals surface area contributed by atoms with Crippen LogP contribution in [0.25, 0.3) is 0 Å². The van der Waals surface area contributed by atoms with Crippen LogP contribution in [0, 0.1) is 23.2 Å². The van der Waals surface area contributed by atoms with E-state index in [-0.39, 0.29) is 60.4 Å². The highest BCUT2D eigenvalue weighted by molar-refractivity contribution is 5.95. The van der Waals surface area contributed by atoms with Gasteiger partial charge in [-0.25, -0.2) is 4.79 Å². The Labute approximate surface area is 267 Å². The second kappa shape index (κ2) is 19.1. The molecule has 246 valence electrons. The van der Waals surface area contributed by atoms with Gasteiger partial charge in [0.05, 0.1) is 6.61 Å². The van der Waals surface area contributed by atoms with Gasteiger partial charge in [-0.3, -0.25) is 20.0 Å². The Morgan fingerprint density at radius 2 is 1.50 bits per heavy atom. The molecule has 1 unspecified atom stereocenters. The number of carbonyl (C=O) groups excluding carboxylic acids is 3. The maximum atomic E-state index is 14.1. The Hall–Kier alpha value is -3.34. The van der Waals surface area contributed by atoms with Crippen molar-refractivity contribution in [1.82, 2.24) is 10.6 Å². The van der Waals surface area contributed by atoms with Gasteiger partial charge in [0.25, 0.3) is 0 Å². The number of ether oxygens (including phenoxy) is 1. The maximum Gasteiger partial charge on any atom is 0.328 e. The van der Waals surface area contributed by atoms with Crippen LogP contribution in [0.4, 0.5) is 0 Å². The molecular formula is C32H52ClN7O4. The van der Waals surface area contributed by atoms with Crippen LogP contribution in [0.2, 0.25) is 0 Å². The molecule has 11 nitrogen and oxygen atoms in total. The Balaban J connectivity index is 0.00000675. The van der Waals surface area contributed by atoms with Crippen LogP contribution in [-0.4, -0.2) is 54.8 Å². The number of amides is 2. The molecular weight excluding hydrogens is 582 g/mol. The Kier molecular flexibility index (Phi) is 16.0. The fourth-order valence-electron chi connectivity index (χ4n) is 6.47. The minimum Gasteiger partial charge on any atom is -0.464 e. The van der Waals surface area contributed by atoms with Gasteiger partial charge in [-0.15, -0.1) is 12.4 Å². The van der Waals surface area contributed by atoms with Gasteiger partial charge in [-0.05, 0) is 69.3 Å². The lowest BCUT2D eigenvalue weighted by Gasteiger charge is -2.34. The molecule has 2 amide bonds. The molecule has 3 rings (SSSR count). The molecule has 9 N–H and O–H groups in total. The van der Waals surface area contributed by atoms with Crippen LogP contribution in [-0.2, 0) is 25.5 Å². The summed E-state index contributed by atoms with van der Waals surface area (Å²) in [7, 11) is 0. The molecule has 0 saturated heterocycles. The van der Waals surface area contributed by atoms with E-state index >= 15 is 0 Å². The minimum absolute atomic E-state index is 0. The molecule has 1 aromatic rings. The summed E-state index contributed by atoms with van der Waals surface area (Å²) in [6.07, 6.45) is 11.4. The predicted octanol–water partition coefficient (Wildman–Crippen LogP) is 3.30. The predicted molar refractivity (Wildman–Crippen MR) is 175 cm³/mol. The van der Waals surface area contributed by atoms with Gasteiger partial charge in [-0.2, -0.15) is 0 Å². The van der Waals surface area contributed by atoms with Crippen molar-refractivity contribution < 1.29 is 19.1 Å². The molecule has 0 bridgehead atoms. The van der Waals surface area contributed by atoms with E-state index in [1.165, 1.54) is 6.42 Å². The Morgan fingerprint density at radius 3 is 2.05 bits per heavy atom. The number of nitrogens with zero attached hydrogens (tertiary/aromatic N) is 1. The minimum atomic E-state index is -0.862. The average molecular weight is 634 g/mol. The third-order valence-corrected chi connectivity index (χ3v) is 8.81. The number of nitrogens with two attached hydrogens (primary N) is 3. The van der Waals surface area contributed by atoms with E-state index in [0.29, 0.717) is 31.4 Å². The van der Waals surface area contributed by atoms with E-state index in [0.717, 1.165) is 63.4 Å². The second-order valence-corrected chi connectivity index (χ2v) is 12.0. The maximum absolute atomic E-state index is 14.1. The molecule has 44 heavy (non-hydrogen) atoms. The number of carbonyl (C=O) groups is 3. The number of benzene rings is 1. The summed E-state index contributed by atoms with van der Waals surface area (Å²) in [6, 6.07) is 5.88. The van der Waals surface area contributed by atoms with Gasteiger partial charge in [-0.1, -0.05) is 62.8 Å². The Morgan fingerprint density at radius 1 is 0.909 bits per heavy atom. The van der Waals surface area contributed by atoms with Crippen LogP contribution in [0.1, 0.15) is 95.1 Å². The number of rotatable bonds is 15. The zero-order valence-electron chi connectivity index (χ0n) is 26.0. The number of nitrogen functional groups attached to an aromatic ring is 1. The van der Waals surface area contributed by atoms with Crippen molar-refractivity contribution in [3.63, 3.8) is 0 Å². The highest BCUT2D eigenvalue weighted by Gasteiger charge is 2.37. The van der Waals surface area contributed by atoms with Crippen LogP contribution < -0.4 is 27.8 Å². The monoisotopic (exact) mass is 633 g/mol. The van der Waals surface area contributed by atoms with Crippen molar-refractivity contribution in [2.45, 2.75) is 102 Å². The first-order valence-electron chi connectivity index (χ1n) is 16.0. The molecule has 0 spiro atoms. The van der Waals surface area contributed by atoms with E-state index in [1.807, 2.05) is 24.3 Å². The van der Waals surface area contributed by atoms with E-state index in [2.05, 4.69) is 15.6 Å². The Bertz CT molecular complexity index is 1100. The molecule has 2 aliphatic rings. The molecule has 0 radical (unpaired) electrons. The van der Waals surface area contributed by atoms with E-state index in [4.69, 9.17) is 27.3 Å². The number of nitrogens with one attached hydrogen (secondary N) is 3. The first-order chi connectivity index (χ1) is 20.7. The molecule has 12 heteroatoms. The van der Waals surface area contributed by atoms with E-state index in [9.17, 15) is 14.4 Å². The molecule has 2 saturated carbocycles. The molecule has 2 aliphatic carbocycles. The van der Waals surface area contributed by atoms with Gasteiger partial charge in [0, 0.05) is 18.0 Å². The highest BCUT2D eigenvalue weighted by atomic mass is 35.5. The number of hydrogen-bond acceptors (Lipinski definition) is 6. The van der Waals surface area contributed by atoms with Crippen LogP contribution in [0.3, 0.4) is 0 Å². The number of halogens is 1. The largest absolute Gasteiger partial charge is 0.464 e. The number of amidine groups is 1. The molecule has 2 fully saturated rings. The van der Waals surface area contributed by atoms with Crippen molar-refractivity contribution in [2.24, 2.45) is 39.9 Å². The summed E-state index contributed by atoms with van der Waals surface area (Å²) in [5.41, 5.74) is 18.1. The van der Waals surface area contributed by atoms with Crippen molar-refractivity contribution in [2.75, 3.05) is 13.2 Å². The third kappa shape index (κ3) is 11.6. The standard InChI is InChI=1S/C32H51N7O4.ClH/c1-2-43-31(42)26(14-9-19-37-32(35)36)38-30(41)27(23-12-7-4-8-13-23)39-29(40)25(22-10-5-3-6-11-22)20-21-15-17-24(18-16-21)28(33)34;/h15-18,22-23,25-27H,2-14,19-20H2,1H3,(H3,33,34)(H,38,41)(H,39,40)(H4,35,36,37);1H/t25-,26?,27-;/m0./s1. The normalized spacial score (nSPS) is 17.7. The topological polar surface area (TPSA) is 199 Å². The van der Waals surface area contributed by atoms with Gasteiger partial charge < -0.3 is 32.6 Å². The van der Waals surface area contributed by atoms with Crippen molar-refractivity contribution >= 4 is 42.0 Å². The number of guanidine groups is 1. The van der Waals surface area contributed by atoms with Crippen LogP contribution in [0.15, 0.2) is 29.3 Å². The first-order valence-corrected chi connectivity index (χ1v) is 16.0. The van der Waals surface area contributed by atoms with E-state index in [1.54, 1.807) is 6.92 Å². The third-order valence-electron chi connectivity index (χ3n) is 8.81. The molecule has 1 aromatic carbocycles. The quantitative estimate of drug-likeness (QED) is 0.0736. The smallest absolute Gasteiger partial charge is 0.328 e. The molecule has 0 heterocycles. The van der Waals surface area contributed by atoms with Crippen molar-refractivity contribution in [1.29, 1.82) is 5.41 Å². The fraction of sp³-hybridized carbons (Fsp3) is 0.656. The SMILES string of the molecule is CCOC(=O)C(CCCN=C(N)N)NC(=O)[C@@H](NC(=O)[C@@H](Cc1ccc(C(=N)N)cc1)C1CCCCC1)C1CCCCC1.Cl. The summed E-state index contributed by atoms with van der Waals surface area (Å²) >= 11 is 0. The number of aliphatic imine (C=N–C) groups is 1. The lowest BCUT2D eigenvalue weighted by molar-refractivity contribution is -0.148. The number of esters is 1.